The highest BCUT2D eigenvalue weighted by atomic mass is 16.5. The van der Waals surface area contributed by atoms with Gasteiger partial charge in [0.05, 0.1) is 37.2 Å². The molecule has 1 aliphatic rings. The molecule has 0 spiro atoms. The average molecular weight is 440 g/mol. The number of rotatable bonds is 9. The number of nitrogens with zero attached hydrogens (tertiary/aromatic N) is 2. The first-order valence-electron chi connectivity index (χ1n) is 10.4. The van der Waals surface area contributed by atoms with E-state index in [0.717, 1.165) is 0 Å². The average Bonchev–Trinajstić information content (AvgIpc) is 3.06. The molecule has 0 saturated carbocycles. The van der Waals surface area contributed by atoms with Crippen LogP contribution in [0.4, 0.5) is 0 Å². The lowest BCUT2D eigenvalue weighted by Crippen LogP contribution is -2.31. The minimum absolute atomic E-state index is 0.0260. The minimum atomic E-state index is -0.818. The summed E-state index contributed by atoms with van der Waals surface area (Å²) in [6.45, 7) is 4.60. The van der Waals surface area contributed by atoms with Crippen LogP contribution >= 0.6 is 0 Å². The predicted molar refractivity (Wildman–Crippen MR) is 118 cm³/mol. The molecule has 1 fully saturated rings. The lowest BCUT2D eigenvalue weighted by Gasteiger charge is -2.24. The van der Waals surface area contributed by atoms with Crippen molar-refractivity contribution in [2.75, 3.05) is 27.4 Å². The number of amides is 1. The van der Waals surface area contributed by atoms with E-state index in [0.29, 0.717) is 30.2 Å². The Morgan fingerprint density at radius 1 is 1.16 bits per heavy atom. The molecule has 1 N–H and O–H groups in total. The molecule has 8 nitrogen and oxygen atoms in total. The first kappa shape index (κ1) is 23.3. The smallest absolute Gasteiger partial charge is 0.295 e. The zero-order chi connectivity index (χ0) is 23.3. The number of likely N-dealkylation sites (tertiary alicyclic amines) is 1. The summed E-state index contributed by atoms with van der Waals surface area (Å²) in [7, 11) is 2.97. The second kappa shape index (κ2) is 10.3. The van der Waals surface area contributed by atoms with Gasteiger partial charge in [-0.2, -0.15) is 0 Å². The molecule has 2 aromatic rings. The van der Waals surface area contributed by atoms with Gasteiger partial charge in [0.1, 0.15) is 23.3 Å². The van der Waals surface area contributed by atoms with Gasteiger partial charge >= 0.3 is 0 Å². The SMILES string of the molecule is COc1ccc(/C(O)=C2/C(=O)C(=O)N(CCCOC(C)C)C2c2ccccn2)c(OC)c1. The number of aliphatic hydroxyl groups excluding tert-OH is 1. The Balaban J connectivity index is 2.06. The van der Waals surface area contributed by atoms with Gasteiger partial charge in [-0.05, 0) is 44.5 Å². The van der Waals surface area contributed by atoms with Crippen molar-refractivity contribution >= 4 is 17.4 Å². The van der Waals surface area contributed by atoms with Crippen LogP contribution in [0.15, 0.2) is 48.2 Å². The van der Waals surface area contributed by atoms with Gasteiger partial charge in [-0.3, -0.25) is 14.6 Å². The molecule has 3 rings (SSSR count). The summed E-state index contributed by atoms with van der Waals surface area (Å²) in [6, 6.07) is 9.27. The molecule has 32 heavy (non-hydrogen) atoms. The van der Waals surface area contributed by atoms with E-state index in [2.05, 4.69) is 4.98 Å². The van der Waals surface area contributed by atoms with Crippen LogP contribution in [-0.4, -0.2) is 60.2 Å². The Kier molecular flexibility index (Phi) is 7.48. The second-order valence-electron chi connectivity index (χ2n) is 7.59. The van der Waals surface area contributed by atoms with E-state index in [1.54, 1.807) is 42.6 Å². The van der Waals surface area contributed by atoms with Crippen LogP contribution in [0.3, 0.4) is 0 Å². The fraction of sp³-hybridized carbons (Fsp3) is 0.375. The van der Waals surface area contributed by atoms with Crippen molar-refractivity contribution in [3.05, 3.63) is 59.4 Å². The van der Waals surface area contributed by atoms with E-state index < -0.39 is 17.7 Å². The number of methoxy groups -OCH3 is 2. The van der Waals surface area contributed by atoms with E-state index >= 15 is 0 Å². The summed E-state index contributed by atoms with van der Waals surface area (Å²) in [5.41, 5.74) is 0.753. The second-order valence-corrected chi connectivity index (χ2v) is 7.59. The standard InChI is InChI=1S/C24H28N2O6/c1-15(2)32-13-7-12-26-21(18-8-5-6-11-25-18)20(23(28)24(26)29)22(27)17-10-9-16(30-3)14-19(17)31-4/h5-6,8-11,14-15,21,27H,7,12-13H2,1-4H3/b22-20-. The van der Waals surface area contributed by atoms with Crippen LogP contribution in [0, 0.1) is 0 Å². The molecule has 0 radical (unpaired) electrons. The maximum atomic E-state index is 13.0. The highest BCUT2D eigenvalue weighted by molar-refractivity contribution is 6.46. The molecule has 0 bridgehead atoms. The maximum Gasteiger partial charge on any atom is 0.295 e. The third-order valence-electron chi connectivity index (χ3n) is 5.17. The first-order valence-corrected chi connectivity index (χ1v) is 10.4. The van der Waals surface area contributed by atoms with E-state index in [4.69, 9.17) is 14.2 Å². The number of ketones is 1. The van der Waals surface area contributed by atoms with Gasteiger partial charge in [0.15, 0.2) is 0 Å². The molecule has 1 aromatic heterocycles. The number of ether oxygens (including phenoxy) is 3. The summed E-state index contributed by atoms with van der Waals surface area (Å²) >= 11 is 0. The van der Waals surface area contributed by atoms with Gasteiger partial charge in [-0.15, -0.1) is 0 Å². The number of pyridine rings is 1. The maximum absolute atomic E-state index is 13.0. The van der Waals surface area contributed by atoms with Crippen molar-refractivity contribution in [2.45, 2.75) is 32.4 Å². The van der Waals surface area contributed by atoms with Gasteiger partial charge in [-0.1, -0.05) is 6.07 Å². The van der Waals surface area contributed by atoms with Gasteiger partial charge in [0, 0.05) is 25.4 Å². The molecule has 1 amide bonds. The van der Waals surface area contributed by atoms with Crippen molar-refractivity contribution in [3.8, 4) is 11.5 Å². The number of aliphatic hydroxyl groups is 1. The van der Waals surface area contributed by atoms with Gasteiger partial charge < -0.3 is 24.2 Å². The van der Waals surface area contributed by atoms with E-state index in [-0.39, 0.29) is 29.5 Å². The fourth-order valence-corrected chi connectivity index (χ4v) is 3.65. The Hall–Kier alpha value is -3.39. The topological polar surface area (TPSA) is 98.2 Å². The number of hydrogen-bond donors (Lipinski definition) is 1. The highest BCUT2D eigenvalue weighted by Gasteiger charge is 2.46. The molecular weight excluding hydrogens is 412 g/mol. The van der Waals surface area contributed by atoms with E-state index in [1.165, 1.54) is 19.1 Å². The Bertz CT molecular complexity index is 1000. The molecule has 2 heterocycles. The molecule has 1 saturated heterocycles. The number of Topliss-reactive ketones (excluding diaryl/α,β-unsaturated/α-hetero) is 1. The Morgan fingerprint density at radius 3 is 2.56 bits per heavy atom. The monoisotopic (exact) mass is 440 g/mol. The van der Waals surface area contributed by atoms with Crippen LogP contribution in [0.25, 0.3) is 5.76 Å². The predicted octanol–water partition coefficient (Wildman–Crippen LogP) is 3.34. The summed E-state index contributed by atoms with van der Waals surface area (Å²) < 4.78 is 16.2. The van der Waals surface area contributed by atoms with Crippen molar-refractivity contribution in [1.29, 1.82) is 0 Å². The number of aromatic nitrogens is 1. The van der Waals surface area contributed by atoms with Crippen LogP contribution < -0.4 is 9.47 Å². The third-order valence-corrected chi connectivity index (χ3v) is 5.17. The lowest BCUT2D eigenvalue weighted by atomic mass is 9.97. The number of carbonyl (C=O) groups is 2. The molecule has 170 valence electrons. The minimum Gasteiger partial charge on any atom is -0.507 e. The van der Waals surface area contributed by atoms with Gasteiger partial charge in [0.25, 0.3) is 11.7 Å². The van der Waals surface area contributed by atoms with Crippen molar-refractivity contribution in [3.63, 3.8) is 0 Å². The molecule has 1 unspecified atom stereocenters. The zero-order valence-corrected chi connectivity index (χ0v) is 18.7. The molecular formula is C24H28N2O6. The van der Waals surface area contributed by atoms with Crippen molar-refractivity contribution in [1.82, 2.24) is 9.88 Å². The first-order chi connectivity index (χ1) is 15.4. The fourth-order valence-electron chi connectivity index (χ4n) is 3.65. The lowest BCUT2D eigenvalue weighted by molar-refractivity contribution is -0.140. The number of hydrogen-bond acceptors (Lipinski definition) is 7. The normalized spacial score (nSPS) is 17.8. The molecule has 8 heteroatoms. The van der Waals surface area contributed by atoms with Gasteiger partial charge in [-0.25, -0.2) is 0 Å². The quantitative estimate of drug-likeness (QED) is 0.276. The van der Waals surface area contributed by atoms with Crippen LogP contribution in [0.5, 0.6) is 11.5 Å². The largest absolute Gasteiger partial charge is 0.507 e. The van der Waals surface area contributed by atoms with Crippen LogP contribution in [0.2, 0.25) is 0 Å². The molecule has 0 aliphatic carbocycles. The van der Waals surface area contributed by atoms with Crippen molar-refractivity contribution in [2.24, 2.45) is 0 Å². The summed E-state index contributed by atoms with van der Waals surface area (Å²) in [5, 5.41) is 11.2. The number of carbonyl (C=O) groups excluding carboxylic acids is 2. The summed E-state index contributed by atoms with van der Waals surface area (Å²) in [6.07, 6.45) is 2.20. The molecule has 1 aliphatic heterocycles. The molecule has 1 aromatic carbocycles. The Morgan fingerprint density at radius 2 is 1.94 bits per heavy atom. The zero-order valence-electron chi connectivity index (χ0n) is 18.7. The van der Waals surface area contributed by atoms with Gasteiger partial charge in [0.2, 0.25) is 0 Å². The third kappa shape index (κ3) is 4.75. The van der Waals surface area contributed by atoms with E-state index in [1.807, 2.05) is 13.8 Å². The number of benzene rings is 1. The van der Waals surface area contributed by atoms with Crippen LogP contribution in [-0.2, 0) is 14.3 Å². The summed E-state index contributed by atoms with van der Waals surface area (Å²) in [4.78, 5) is 31.8. The van der Waals surface area contributed by atoms with E-state index in [9.17, 15) is 14.7 Å². The Labute approximate surface area is 187 Å². The van der Waals surface area contributed by atoms with Crippen molar-refractivity contribution < 1.29 is 28.9 Å². The molecule has 1 atom stereocenters. The highest BCUT2D eigenvalue weighted by Crippen LogP contribution is 2.40. The summed E-state index contributed by atoms with van der Waals surface area (Å²) in [5.74, 6) is -0.914. The van der Waals surface area contributed by atoms with Crippen LogP contribution in [0.1, 0.15) is 37.6 Å².